The number of para-hydroxylation sites is 1. The SMILES string of the molecule is COc1ccccc1/C=C/C(=O)OCc1nc(-c2ccccc2)no1. The molecule has 0 aliphatic heterocycles. The number of carbonyl (C=O) groups excluding carboxylic acids is 1. The number of aromatic nitrogens is 2. The first-order valence-corrected chi connectivity index (χ1v) is 7.62. The minimum Gasteiger partial charge on any atom is -0.496 e. The largest absolute Gasteiger partial charge is 0.496 e. The molecule has 0 unspecified atom stereocenters. The van der Waals surface area contributed by atoms with Crippen molar-refractivity contribution in [1.82, 2.24) is 10.1 Å². The summed E-state index contributed by atoms with van der Waals surface area (Å²) in [6, 6.07) is 16.8. The van der Waals surface area contributed by atoms with Crippen LogP contribution in [0.15, 0.2) is 65.2 Å². The first-order chi connectivity index (χ1) is 12.3. The Bertz CT molecular complexity index is 872. The van der Waals surface area contributed by atoms with Gasteiger partial charge in [-0.3, -0.25) is 0 Å². The maximum absolute atomic E-state index is 11.8. The second-order valence-electron chi connectivity index (χ2n) is 5.06. The van der Waals surface area contributed by atoms with Crippen LogP contribution in [0.3, 0.4) is 0 Å². The molecule has 2 aromatic carbocycles. The molecule has 0 atom stereocenters. The zero-order chi connectivity index (χ0) is 17.5. The fraction of sp³-hybridized carbons (Fsp3) is 0.105. The molecule has 6 nitrogen and oxygen atoms in total. The second-order valence-corrected chi connectivity index (χ2v) is 5.06. The van der Waals surface area contributed by atoms with Gasteiger partial charge in [0.15, 0.2) is 6.61 Å². The number of rotatable bonds is 6. The van der Waals surface area contributed by atoms with Crippen molar-refractivity contribution in [2.24, 2.45) is 0 Å². The molecule has 126 valence electrons. The zero-order valence-corrected chi connectivity index (χ0v) is 13.6. The highest BCUT2D eigenvalue weighted by molar-refractivity contribution is 5.87. The molecule has 0 spiro atoms. The second kappa shape index (κ2) is 7.92. The number of esters is 1. The van der Waals surface area contributed by atoms with Gasteiger partial charge in [-0.15, -0.1) is 0 Å². The van der Waals surface area contributed by atoms with Crippen LogP contribution in [0.1, 0.15) is 11.5 Å². The summed E-state index contributed by atoms with van der Waals surface area (Å²) in [6.45, 7) is -0.0884. The minimum absolute atomic E-state index is 0.0884. The van der Waals surface area contributed by atoms with Crippen molar-refractivity contribution in [3.05, 3.63) is 72.1 Å². The van der Waals surface area contributed by atoms with Crippen molar-refractivity contribution in [1.29, 1.82) is 0 Å². The van der Waals surface area contributed by atoms with Gasteiger partial charge in [-0.2, -0.15) is 4.98 Å². The van der Waals surface area contributed by atoms with Gasteiger partial charge in [-0.05, 0) is 12.1 Å². The van der Waals surface area contributed by atoms with Crippen LogP contribution in [0.5, 0.6) is 5.75 Å². The molecule has 0 saturated heterocycles. The summed E-state index contributed by atoms with van der Waals surface area (Å²) >= 11 is 0. The molecule has 0 amide bonds. The summed E-state index contributed by atoms with van der Waals surface area (Å²) in [7, 11) is 1.57. The lowest BCUT2D eigenvalue weighted by Crippen LogP contribution is -2.01. The Morgan fingerprint density at radius 2 is 1.88 bits per heavy atom. The molecule has 1 heterocycles. The molecule has 3 rings (SSSR count). The lowest BCUT2D eigenvalue weighted by molar-refractivity contribution is -0.139. The fourth-order valence-corrected chi connectivity index (χ4v) is 2.16. The van der Waals surface area contributed by atoms with Gasteiger partial charge in [0.25, 0.3) is 5.89 Å². The smallest absolute Gasteiger partial charge is 0.331 e. The maximum atomic E-state index is 11.8. The van der Waals surface area contributed by atoms with E-state index in [0.29, 0.717) is 11.6 Å². The molecule has 1 aromatic heterocycles. The van der Waals surface area contributed by atoms with Crippen molar-refractivity contribution in [3.8, 4) is 17.1 Å². The van der Waals surface area contributed by atoms with Crippen molar-refractivity contribution in [2.45, 2.75) is 6.61 Å². The van der Waals surface area contributed by atoms with E-state index in [1.54, 1.807) is 13.2 Å². The molecule has 3 aromatic rings. The average Bonchev–Trinajstić information content (AvgIpc) is 3.14. The predicted octanol–water partition coefficient (Wildman–Crippen LogP) is 3.50. The highest BCUT2D eigenvalue weighted by Crippen LogP contribution is 2.19. The molecule has 0 aliphatic carbocycles. The van der Waals surface area contributed by atoms with Gasteiger partial charge in [0, 0.05) is 17.2 Å². The van der Waals surface area contributed by atoms with E-state index in [1.165, 1.54) is 6.08 Å². The van der Waals surface area contributed by atoms with Crippen molar-refractivity contribution >= 4 is 12.0 Å². The van der Waals surface area contributed by atoms with E-state index in [2.05, 4.69) is 10.1 Å². The Morgan fingerprint density at radius 3 is 2.68 bits per heavy atom. The van der Waals surface area contributed by atoms with Crippen LogP contribution in [0.2, 0.25) is 0 Å². The summed E-state index contributed by atoms with van der Waals surface area (Å²) in [5.41, 5.74) is 1.62. The molecule has 0 radical (unpaired) electrons. The van der Waals surface area contributed by atoms with Crippen molar-refractivity contribution in [2.75, 3.05) is 7.11 Å². The Labute approximate surface area is 144 Å². The summed E-state index contributed by atoms with van der Waals surface area (Å²) in [6.07, 6.45) is 2.96. The van der Waals surface area contributed by atoms with Gasteiger partial charge in [0.05, 0.1) is 7.11 Å². The Morgan fingerprint density at radius 1 is 1.12 bits per heavy atom. The van der Waals surface area contributed by atoms with Gasteiger partial charge in [0.1, 0.15) is 5.75 Å². The van der Waals surface area contributed by atoms with Crippen LogP contribution in [0, 0.1) is 0 Å². The number of carbonyl (C=O) groups is 1. The average molecular weight is 336 g/mol. The summed E-state index contributed by atoms with van der Waals surface area (Å²) in [4.78, 5) is 16.0. The highest BCUT2D eigenvalue weighted by Gasteiger charge is 2.09. The molecule has 0 saturated carbocycles. The van der Waals surface area contributed by atoms with Crippen molar-refractivity contribution < 1.29 is 18.8 Å². The van der Waals surface area contributed by atoms with Crippen LogP contribution in [0.4, 0.5) is 0 Å². The summed E-state index contributed by atoms with van der Waals surface area (Å²) in [5.74, 6) is 0.857. The third-order valence-corrected chi connectivity index (χ3v) is 3.38. The number of benzene rings is 2. The maximum Gasteiger partial charge on any atom is 0.331 e. The third-order valence-electron chi connectivity index (χ3n) is 3.38. The van der Waals surface area contributed by atoms with E-state index in [1.807, 2.05) is 54.6 Å². The standard InChI is InChI=1S/C19H16N2O4/c1-23-16-10-6-5-7-14(16)11-12-18(22)24-13-17-20-19(21-25-17)15-8-3-2-4-9-15/h2-12H,13H2,1H3/b12-11+. The van der Waals surface area contributed by atoms with E-state index in [-0.39, 0.29) is 12.5 Å². The van der Waals surface area contributed by atoms with E-state index >= 15 is 0 Å². The number of ether oxygens (including phenoxy) is 2. The first-order valence-electron chi connectivity index (χ1n) is 7.62. The first kappa shape index (κ1) is 16.4. The minimum atomic E-state index is -0.509. The van der Waals surface area contributed by atoms with Gasteiger partial charge in [-0.25, -0.2) is 4.79 Å². The van der Waals surface area contributed by atoms with E-state index in [9.17, 15) is 4.79 Å². The number of hydrogen-bond donors (Lipinski definition) is 0. The van der Waals surface area contributed by atoms with Gasteiger partial charge in [-0.1, -0.05) is 53.7 Å². The Kier molecular flexibility index (Phi) is 5.21. The Balaban J connectivity index is 1.58. The number of methoxy groups -OCH3 is 1. The quantitative estimate of drug-likeness (QED) is 0.506. The molecule has 25 heavy (non-hydrogen) atoms. The van der Waals surface area contributed by atoms with E-state index < -0.39 is 5.97 Å². The lowest BCUT2D eigenvalue weighted by atomic mass is 10.2. The van der Waals surface area contributed by atoms with Gasteiger partial charge < -0.3 is 14.0 Å². The molecule has 0 N–H and O–H groups in total. The van der Waals surface area contributed by atoms with Crippen LogP contribution >= 0.6 is 0 Å². The van der Waals surface area contributed by atoms with Gasteiger partial charge >= 0.3 is 5.97 Å². The normalized spacial score (nSPS) is 10.8. The van der Waals surface area contributed by atoms with Crippen LogP contribution in [-0.4, -0.2) is 23.2 Å². The monoisotopic (exact) mass is 336 g/mol. The van der Waals surface area contributed by atoms with Crippen molar-refractivity contribution in [3.63, 3.8) is 0 Å². The molecular weight excluding hydrogens is 320 g/mol. The molecule has 6 heteroatoms. The summed E-state index contributed by atoms with van der Waals surface area (Å²) in [5, 5.41) is 3.87. The van der Waals surface area contributed by atoms with Crippen LogP contribution in [-0.2, 0) is 16.1 Å². The summed E-state index contributed by atoms with van der Waals surface area (Å²) < 4.78 is 15.4. The highest BCUT2D eigenvalue weighted by atomic mass is 16.6. The van der Waals surface area contributed by atoms with E-state index in [4.69, 9.17) is 14.0 Å². The predicted molar refractivity (Wildman–Crippen MR) is 91.6 cm³/mol. The van der Waals surface area contributed by atoms with Crippen LogP contribution < -0.4 is 4.74 Å². The lowest BCUT2D eigenvalue weighted by Gasteiger charge is -2.03. The van der Waals surface area contributed by atoms with E-state index in [0.717, 1.165) is 11.1 Å². The number of nitrogens with zero attached hydrogens (tertiary/aromatic N) is 2. The third kappa shape index (κ3) is 4.32. The Hall–Kier alpha value is -3.41. The molecule has 0 aliphatic rings. The zero-order valence-electron chi connectivity index (χ0n) is 13.6. The molecular formula is C19H16N2O4. The fourth-order valence-electron chi connectivity index (χ4n) is 2.16. The topological polar surface area (TPSA) is 74.5 Å². The molecule has 0 fully saturated rings. The number of hydrogen-bond acceptors (Lipinski definition) is 6. The van der Waals surface area contributed by atoms with Gasteiger partial charge in [0.2, 0.25) is 5.82 Å². The molecule has 0 bridgehead atoms. The van der Waals surface area contributed by atoms with Crippen LogP contribution in [0.25, 0.3) is 17.5 Å².